The van der Waals surface area contributed by atoms with Crippen molar-refractivity contribution in [1.82, 2.24) is 0 Å². The zero-order chi connectivity index (χ0) is 16.7. The van der Waals surface area contributed by atoms with E-state index in [0.29, 0.717) is 0 Å². The van der Waals surface area contributed by atoms with E-state index in [9.17, 15) is 8.42 Å². The SMILES string of the molecule is O=S1(=O)[O][Sb]([c]2ccccc2)([c]2ccccc2)([c]2ccccc2)[O]1. The fourth-order valence-electron chi connectivity index (χ4n) is 3.16. The Kier molecular flexibility index (Phi) is 3.59. The van der Waals surface area contributed by atoms with Crippen molar-refractivity contribution >= 4 is 39.2 Å². The van der Waals surface area contributed by atoms with Crippen LogP contribution in [0.2, 0.25) is 0 Å². The van der Waals surface area contributed by atoms with Gasteiger partial charge in [-0.15, -0.1) is 0 Å². The van der Waals surface area contributed by atoms with Crippen molar-refractivity contribution in [2.24, 2.45) is 0 Å². The van der Waals surface area contributed by atoms with Gasteiger partial charge in [0.1, 0.15) is 0 Å². The van der Waals surface area contributed by atoms with E-state index in [1.165, 1.54) is 0 Å². The standard InChI is InChI=1S/3C6H5.H2O4S.Sb/c3*1-2-4-6-5-3-1;1-5(2,3)4;/h3*1-5H;(H2,1,2,3,4);/q;;;;+2/p-2. The average Bonchev–Trinajstić information content (AvgIpc) is 2.61. The molecule has 4 rings (SSSR count). The molecule has 1 saturated heterocycles. The molecule has 3 aromatic carbocycles. The van der Waals surface area contributed by atoms with Gasteiger partial charge in [0, 0.05) is 0 Å². The van der Waals surface area contributed by atoms with Crippen LogP contribution in [0.3, 0.4) is 0 Å². The minimum absolute atomic E-state index is 0.789. The van der Waals surface area contributed by atoms with E-state index in [0.717, 1.165) is 10.5 Å². The van der Waals surface area contributed by atoms with Crippen LogP contribution in [0.5, 0.6) is 0 Å². The Morgan fingerprint density at radius 2 is 0.833 bits per heavy atom. The molecule has 1 fully saturated rings. The van der Waals surface area contributed by atoms with Crippen LogP contribution in [-0.4, -0.2) is 26.7 Å². The predicted molar refractivity (Wildman–Crippen MR) is 95.1 cm³/mol. The van der Waals surface area contributed by atoms with Gasteiger partial charge in [-0.1, -0.05) is 0 Å². The summed E-state index contributed by atoms with van der Waals surface area (Å²) in [5.41, 5.74) is 0. The fourth-order valence-corrected chi connectivity index (χ4v) is 23.5. The molecule has 0 atom stereocenters. The van der Waals surface area contributed by atoms with Crippen molar-refractivity contribution in [2.45, 2.75) is 0 Å². The number of hydrogen-bond acceptors (Lipinski definition) is 4. The van der Waals surface area contributed by atoms with Gasteiger partial charge in [0.15, 0.2) is 0 Å². The molecule has 1 heterocycles. The first-order valence-corrected chi connectivity index (χ1v) is 14.7. The maximum absolute atomic E-state index is 12.0. The zero-order valence-corrected chi connectivity index (χ0v) is 16.0. The van der Waals surface area contributed by atoms with E-state index in [4.69, 9.17) is 4.92 Å². The molecule has 0 bridgehead atoms. The van der Waals surface area contributed by atoms with Gasteiger partial charge in [-0.25, -0.2) is 0 Å². The second-order valence-electron chi connectivity index (χ2n) is 5.52. The quantitative estimate of drug-likeness (QED) is 0.568. The minimum atomic E-state index is -4.99. The first-order chi connectivity index (χ1) is 11.6. The van der Waals surface area contributed by atoms with Crippen molar-refractivity contribution in [3.05, 3.63) is 91.0 Å². The van der Waals surface area contributed by atoms with Gasteiger partial charge in [0.25, 0.3) is 0 Å². The van der Waals surface area contributed by atoms with E-state index >= 15 is 0 Å². The molecule has 0 aliphatic carbocycles. The molecule has 3 aromatic rings. The fraction of sp³-hybridized carbons (Fsp3) is 0. The molecule has 0 unspecified atom stereocenters. The van der Waals surface area contributed by atoms with Crippen LogP contribution in [0, 0.1) is 0 Å². The molecule has 1 aliphatic heterocycles. The molecule has 1 aliphatic rings. The Labute approximate surface area is 143 Å². The van der Waals surface area contributed by atoms with Crippen LogP contribution in [0.15, 0.2) is 91.0 Å². The summed E-state index contributed by atoms with van der Waals surface area (Å²) in [7, 11) is -4.00. The third-order valence-corrected chi connectivity index (χ3v) is 23.7. The third-order valence-electron chi connectivity index (χ3n) is 4.14. The van der Waals surface area contributed by atoms with E-state index in [1.54, 1.807) is 0 Å². The first kappa shape index (κ1) is 15.9. The molecule has 0 aromatic heterocycles. The summed E-state index contributed by atoms with van der Waals surface area (Å²) in [5, 5.41) is 0. The Balaban J connectivity index is 2.14. The van der Waals surface area contributed by atoms with Crippen LogP contribution >= 0.6 is 0 Å². The Hall–Kier alpha value is -1.65. The second-order valence-corrected chi connectivity index (χ2v) is 19.1. The normalized spacial score (nSPS) is 21.8. The molecule has 0 radical (unpaired) electrons. The molecular formula is C18H15O4SSb. The molecule has 6 heteroatoms. The van der Waals surface area contributed by atoms with Crippen LogP contribution in [-0.2, 0) is 15.3 Å². The summed E-state index contributed by atoms with van der Waals surface area (Å²) < 4.78 is 38.1. The van der Waals surface area contributed by atoms with Gasteiger partial charge < -0.3 is 0 Å². The summed E-state index contributed by atoms with van der Waals surface area (Å²) in [4.78, 5) is 0. The Morgan fingerprint density at radius 3 is 1.08 bits per heavy atom. The second kappa shape index (κ2) is 5.43. The van der Waals surface area contributed by atoms with Gasteiger partial charge in [0.2, 0.25) is 0 Å². The van der Waals surface area contributed by atoms with Crippen LogP contribution in [0.1, 0.15) is 0 Å². The molecule has 122 valence electrons. The number of hydrogen-bond donors (Lipinski definition) is 0. The van der Waals surface area contributed by atoms with E-state index < -0.39 is 28.6 Å². The van der Waals surface area contributed by atoms with Gasteiger partial charge in [0.05, 0.1) is 0 Å². The van der Waals surface area contributed by atoms with Gasteiger partial charge in [-0.3, -0.25) is 0 Å². The van der Waals surface area contributed by atoms with Crippen molar-refractivity contribution in [3.8, 4) is 0 Å². The monoisotopic (exact) mass is 448 g/mol. The molecule has 0 spiro atoms. The van der Waals surface area contributed by atoms with Crippen molar-refractivity contribution in [3.63, 3.8) is 0 Å². The maximum atomic E-state index is 12.0. The molecule has 0 saturated carbocycles. The zero-order valence-electron chi connectivity index (χ0n) is 12.6. The predicted octanol–water partition coefficient (Wildman–Crippen LogP) is 1.40. The van der Waals surface area contributed by atoms with Crippen molar-refractivity contribution in [2.75, 3.05) is 0 Å². The summed E-state index contributed by atoms with van der Waals surface area (Å²) in [6.07, 6.45) is 0. The molecule has 4 nitrogen and oxygen atoms in total. The summed E-state index contributed by atoms with van der Waals surface area (Å²) in [5.74, 6) is 0. The summed E-state index contributed by atoms with van der Waals surface area (Å²) in [6, 6.07) is 28.2. The molecule has 24 heavy (non-hydrogen) atoms. The summed E-state index contributed by atoms with van der Waals surface area (Å²) in [6.45, 7) is 0. The van der Waals surface area contributed by atoms with Crippen molar-refractivity contribution < 1.29 is 13.3 Å². The van der Waals surface area contributed by atoms with E-state index in [-0.39, 0.29) is 0 Å². The topological polar surface area (TPSA) is 52.6 Å². The average molecular weight is 449 g/mol. The van der Waals surface area contributed by atoms with Crippen LogP contribution in [0.4, 0.5) is 0 Å². The Morgan fingerprint density at radius 1 is 0.542 bits per heavy atom. The van der Waals surface area contributed by atoms with Crippen molar-refractivity contribution in [1.29, 1.82) is 0 Å². The molecule has 0 N–H and O–H groups in total. The molecule has 0 amide bonds. The van der Waals surface area contributed by atoms with Crippen LogP contribution < -0.4 is 10.5 Å². The van der Waals surface area contributed by atoms with Gasteiger partial charge in [-0.05, 0) is 0 Å². The molecular weight excluding hydrogens is 434 g/mol. The first-order valence-electron chi connectivity index (χ1n) is 7.43. The number of rotatable bonds is 3. The van der Waals surface area contributed by atoms with E-state index in [1.807, 2.05) is 91.0 Å². The number of benzene rings is 3. The Bertz CT molecular complexity index is 858. The van der Waals surface area contributed by atoms with Gasteiger partial charge in [-0.2, -0.15) is 0 Å². The van der Waals surface area contributed by atoms with Gasteiger partial charge >= 0.3 is 144 Å². The summed E-state index contributed by atoms with van der Waals surface area (Å²) >= 11 is -4.99. The van der Waals surface area contributed by atoms with Crippen LogP contribution in [0.25, 0.3) is 0 Å². The third kappa shape index (κ3) is 2.09. The van der Waals surface area contributed by atoms with E-state index in [2.05, 4.69) is 0 Å².